The summed E-state index contributed by atoms with van der Waals surface area (Å²) in [6.45, 7) is 5.44. The molecule has 2 fully saturated rings. The topological polar surface area (TPSA) is 60.8 Å². The maximum Gasteiger partial charge on any atom is 0.194 e. The normalized spacial score (nSPS) is 21.2. The number of aliphatic hydroxyl groups excluding tert-OH is 1. The standard InChI is InChI=1S/C19H30N4OS.HI/c1-2-21-18(22-14-17(24)16-6-10-20-11-7-16)23-12-13-25-19(15-23)8-4-3-5-9-19;/h6-7,10-11,17,24H,2-5,8-9,12-15H2,1H3,(H,21,22);1H. The summed E-state index contributed by atoms with van der Waals surface area (Å²) >= 11 is 2.17. The number of nitrogens with zero attached hydrogens (tertiary/aromatic N) is 3. The van der Waals surface area contributed by atoms with E-state index in [4.69, 9.17) is 4.99 Å². The second-order valence-electron chi connectivity index (χ2n) is 7.00. The molecule has 1 aliphatic carbocycles. The molecule has 1 aromatic heterocycles. The number of thioether (sulfide) groups is 1. The summed E-state index contributed by atoms with van der Waals surface area (Å²) in [4.78, 5) is 11.2. The van der Waals surface area contributed by atoms with E-state index in [0.717, 1.165) is 36.9 Å². The first-order valence-electron chi connectivity index (χ1n) is 9.48. The first-order valence-corrected chi connectivity index (χ1v) is 10.5. The minimum Gasteiger partial charge on any atom is -0.386 e. The van der Waals surface area contributed by atoms with E-state index >= 15 is 0 Å². The SMILES string of the molecule is CCNC(=NCC(O)c1ccncc1)N1CCSC2(CCCCC2)C1.I. The van der Waals surface area contributed by atoms with Gasteiger partial charge < -0.3 is 15.3 Å². The molecule has 1 atom stereocenters. The molecule has 0 radical (unpaired) electrons. The number of pyridine rings is 1. The summed E-state index contributed by atoms with van der Waals surface area (Å²) in [7, 11) is 0. The lowest BCUT2D eigenvalue weighted by atomic mass is 9.87. The van der Waals surface area contributed by atoms with E-state index in [0.29, 0.717) is 11.3 Å². The predicted molar refractivity (Wildman–Crippen MR) is 120 cm³/mol. The molecule has 2 heterocycles. The van der Waals surface area contributed by atoms with E-state index in [1.807, 2.05) is 12.1 Å². The predicted octanol–water partition coefficient (Wildman–Crippen LogP) is 3.45. The highest BCUT2D eigenvalue weighted by Crippen LogP contribution is 2.42. The van der Waals surface area contributed by atoms with Crippen LogP contribution in [-0.2, 0) is 0 Å². The smallest absolute Gasteiger partial charge is 0.194 e. The van der Waals surface area contributed by atoms with Gasteiger partial charge in [0.05, 0.1) is 12.6 Å². The molecule has 146 valence electrons. The average Bonchev–Trinajstić information content (AvgIpc) is 2.66. The molecule has 1 spiro atoms. The van der Waals surface area contributed by atoms with Crippen molar-refractivity contribution < 1.29 is 5.11 Å². The van der Waals surface area contributed by atoms with Crippen LogP contribution in [0.5, 0.6) is 0 Å². The fourth-order valence-corrected chi connectivity index (χ4v) is 5.38. The van der Waals surface area contributed by atoms with Crippen molar-refractivity contribution in [2.24, 2.45) is 4.99 Å². The van der Waals surface area contributed by atoms with Gasteiger partial charge in [0.25, 0.3) is 0 Å². The van der Waals surface area contributed by atoms with Crippen molar-refractivity contribution in [2.75, 3.05) is 31.9 Å². The second-order valence-corrected chi connectivity index (χ2v) is 8.57. The van der Waals surface area contributed by atoms with Crippen LogP contribution in [0.2, 0.25) is 0 Å². The van der Waals surface area contributed by atoms with E-state index < -0.39 is 6.10 Å². The molecule has 0 aromatic carbocycles. The van der Waals surface area contributed by atoms with Gasteiger partial charge >= 0.3 is 0 Å². The molecule has 7 heteroatoms. The summed E-state index contributed by atoms with van der Waals surface area (Å²) in [5, 5.41) is 13.8. The fourth-order valence-electron chi connectivity index (χ4n) is 3.81. The summed E-state index contributed by atoms with van der Waals surface area (Å²) in [6.07, 6.45) is 9.59. The third-order valence-electron chi connectivity index (χ3n) is 5.15. The molecule has 0 bridgehead atoms. The van der Waals surface area contributed by atoms with Crippen molar-refractivity contribution in [3.05, 3.63) is 30.1 Å². The van der Waals surface area contributed by atoms with Crippen molar-refractivity contribution in [3.8, 4) is 0 Å². The summed E-state index contributed by atoms with van der Waals surface area (Å²) in [6, 6.07) is 3.70. The molecule has 1 aromatic rings. The van der Waals surface area contributed by atoms with Gasteiger partial charge in [-0.1, -0.05) is 19.3 Å². The number of aromatic nitrogens is 1. The van der Waals surface area contributed by atoms with Crippen LogP contribution >= 0.6 is 35.7 Å². The van der Waals surface area contributed by atoms with E-state index in [2.05, 4.69) is 33.9 Å². The van der Waals surface area contributed by atoms with Crippen LogP contribution in [0.1, 0.15) is 50.7 Å². The Labute approximate surface area is 178 Å². The van der Waals surface area contributed by atoms with Crippen LogP contribution in [0.25, 0.3) is 0 Å². The lowest BCUT2D eigenvalue weighted by Gasteiger charge is -2.45. The number of aliphatic imine (C=N–C) groups is 1. The van der Waals surface area contributed by atoms with Crippen molar-refractivity contribution in [2.45, 2.75) is 49.9 Å². The van der Waals surface area contributed by atoms with Gasteiger partial charge in [0.1, 0.15) is 0 Å². The van der Waals surface area contributed by atoms with Gasteiger partial charge in [0.15, 0.2) is 5.96 Å². The zero-order valence-electron chi connectivity index (χ0n) is 15.6. The minimum atomic E-state index is -0.584. The minimum absolute atomic E-state index is 0. The van der Waals surface area contributed by atoms with E-state index in [9.17, 15) is 5.11 Å². The van der Waals surface area contributed by atoms with Crippen LogP contribution in [0, 0.1) is 0 Å². The number of aliphatic hydroxyl groups is 1. The lowest BCUT2D eigenvalue weighted by molar-refractivity contribution is 0.186. The summed E-state index contributed by atoms with van der Waals surface area (Å²) in [5.74, 6) is 2.11. The Balaban J connectivity index is 0.00000243. The summed E-state index contributed by atoms with van der Waals surface area (Å²) < 4.78 is 0.413. The van der Waals surface area contributed by atoms with Crippen LogP contribution in [0.3, 0.4) is 0 Å². The number of halogens is 1. The highest BCUT2D eigenvalue weighted by molar-refractivity contribution is 14.0. The van der Waals surface area contributed by atoms with Crippen molar-refractivity contribution in [1.29, 1.82) is 0 Å². The second kappa shape index (κ2) is 10.7. The zero-order chi connectivity index (χ0) is 17.5. The molecule has 3 rings (SSSR count). The van der Waals surface area contributed by atoms with Crippen LogP contribution in [0.4, 0.5) is 0 Å². The molecule has 5 nitrogen and oxygen atoms in total. The van der Waals surface area contributed by atoms with Gasteiger partial charge in [-0.15, -0.1) is 24.0 Å². The average molecular weight is 490 g/mol. The highest BCUT2D eigenvalue weighted by Gasteiger charge is 2.38. The molecule has 1 aliphatic heterocycles. The number of hydrogen-bond donors (Lipinski definition) is 2. The Bertz CT molecular complexity index is 560. The van der Waals surface area contributed by atoms with Gasteiger partial charge in [0.2, 0.25) is 0 Å². The maximum absolute atomic E-state index is 10.4. The fraction of sp³-hybridized carbons (Fsp3) is 0.684. The number of guanidine groups is 1. The van der Waals surface area contributed by atoms with Crippen LogP contribution in [-0.4, -0.2) is 57.6 Å². The molecule has 1 saturated carbocycles. The van der Waals surface area contributed by atoms with Crippen molar-refractivity contribution in [3.63, 3.8) is 0 Å². The number of hydrogen-bond acceptors (Lipinski definition) is 4. The first kappa shape index (κ1) is 21.8. The maximum atomic E-state index is 10.4. The third kappa shape index (κ3) is 5.73. The van der Waals surface area contributed by atoms with Gasteiger partial charge in [-0.25, -0.2) is 0 Å². The van der Waals surface area contributed by atoms with Gasteiger partial charge in [-0.2, -0.15) is 11.8 Å². The summed E-state index contributed by atoms with van der Waals surface area (Å²) in [5.41, 5.74) is 0.868. The Kier molecular flexibility index (Phi) is 8.96. The zero-order valence-corrected chi connectivity index (χ0v) is 18.7. The van der Waals surface area contributed by atoms with Crippen LogP contribution in [0.15, 0.2) is 29.5 Å². The van der Waals surface area contributed by atoms with Crippen molar-refractivity contribution in [1.82, 2.24) is 15.2 Å². The van der Waals surface area contributed by atoms with E-state index in [1.165, 1.54) is 32.1 Å². The highest BCUT2D eigenvalue weighted by atomic mass is 127. The molecule has 1 saturated heterocycles. The third-order valence-corrected chi connectivity index (χ3v) is 6.69. The van der Waals surface area contributed by atoms with Gasteiger partial charge in [0, 0.05) is 42.5 Å². The molecular weight excluding hydrogens is 459 g/mol. The Morgan fingerprint density at radius 3 is 2.77 bits per heavy atom. The largest absolute Gasteiger partial charge is 0.386 e. The number of nitrogens with one attached hydrogen (secondary N) is 1. The quantitative estimate of drug-likeness (QED) is 0.385. The van der Waals surface area contributed by atoms with Crippen molar-refractivity contribution >= 4 is 41.7 Å². The molecule has 0 amide bonds. The monoisotopic (exact) mass is 490 g/mol. The van der Waals surface area contributed by atoms with Gasteiger partial charge in [-0.05, 0) is 37.5 Å². The first-order chi connectivity index (χ1) is 12.2. The van der Waals surface area contributed by atoms with Crippen LogP contribution < -0.4 is 5.32 Å². The molecule has 1 unspecified atom stereocenters. The molecule has 2 aliphatic rings. The molecular formula is C19H31IN4OS. The number of rotatable bonds is 4. The van der Waals surface area contributed by atoms with Gasteiger partial charge in [-0.3, -0.25) is 9.98 Å². The molecule has 26 heavy (non-hydrogen) atoms. The lowest BCUT2D eigenvalue weighted by Crippen LogP contribution is -2.53. The molecule has 2 N–H and O–H groups in total. The Hall–Kier alpha value is -0.540. The Morgan fingerprint density at radius 1 is 1.35 bits per heavy atom. The van der Waals surface area contributed by atoms with E-state index in [1.54, 1.807) is 12.4 Å². The Morgan fingerprint density at radius 2 is 2.08 bits per heavy atom. The van der Waals surface area contributed by atoms with E-state index in [-0.39, 0.29) is 24.0 Å².